The SMILES string of the molecule is CNC(c1ccc(OC)c(OC)c1)C1CCCC(C)C1. The quantitative estimate of drug-likeness (QED) is 0.888. The third-order valence-electron chi connectivity index (χ3n) is 4.53. The number of methoxy groups -OCH3 is 2. The maximum Gasteiger partial charge on any atom is 0.161 e. The molecular weight excluding hydrogens is 250 g/mol. The van der Waals surface area contributed by atoms with E-state index < -0.39 is 0 Å². The molecule has 0 aliphatic heterocycles. The molecule has 3 atom stereocenters. The van der Waals surface area contributed by atoms with Crippen molar-refractivity contribution in [3.63, 3.8) is 0 Å². The Morgan fingerprint density at radius 1 is 1.15 bits per heavy atom. The molecule has 1 saturated carbocycles. The molecule has 3 unspecified atom stereocenters. The van der Waals surface area contributed by atoms with Gasteiger partial charge in [0.25, 0.3) is 0 Å². The highest BCUT2D eigenvalue weighted by atomic mass is 16.5. The summed E-state index contributed by atoms with van der Waals surface area (Å²) in [6.07, 6.45) is 5.33. The van der Waals surface area contributed by atoms with Crippen LogP contribution in [0.3, 0.4) is 0 Å². The summed E-state index contributed by atoms with van der Waals surface area (Å²) in [5, 5.41) is 3.50. The van der Waals surface area contributed by atoms with Gasteiger partial charge in [0.05, 0.1) is 14.2 Å². The Kier molecular flexibility index (Phi) is 5.30. The molecule has 3 nitrogen and oxygen atoms in total. The van der Waals surface area contributed by atoms with Gasteiger partial charge in [-0.25, -0.2) is 0 Å². The molecular formula is C17H27NO2. The molecule has 1 fully saturated rings. The Morgan fingerprint density at radius 2 is 1.90 bits per heavy atom. The van der Waals surface area contributed by atoms with E-state index in [1.54, 1.807) is 14.2 Å². The third-order valence-corrected chi connectivity index (χ3v) is 4.53. The number of nitrogens with one attached hydrogen (secondary N) is 1. The molecule has 2 rings (SSSR count). The lowest BCUT2D eigenvalue weighted by atomic mass is 9.76. The summed E-state index contributed by atoms with van der Waals surface area (Å²) in [5.74, 6) is 3.16. The van der Waals surface area contributed by atoms with Crippen molar-refractivity contribution in [2.45, 2.75) is 38.6 Å². The van der Waals surface area contributed by atoms with E-state index in [1.165, 1.54) is 31.2 Å². The van der Waals surface area contributed by atoms with Crippen LogP contribution >= 0.6 is 0 Å². The Hall–Kier alpha value is -1.22. The Labute approximate surface area is 122 Å². The van der Waals surface area contributed by atoms with Crippen LogP contribution in [-0.4, -0.2) is 21.3 Å². The van der Waals surface area contributed by atoms with Crippen LogP contribution in [-0.2, 0) is 0 Å². The topological polar surface area (TPSA) is 30.5 Å². The second kappa shape index (κ2) is 6.98. The average Bonchev–Trinajstić information content (AvgIpc) is 2.48. The monoisotopic (exact) mass is 277 g/mol. The molecule has 1 aliphatic rings. The Morgan fingerprint density at radius 3 is 2.50 bits per heavy atom. The molecule has 3 heteroatoms. The minimum atomic E-state index is 0.401. The molecule has 1 aromatic rings. The van der Waals surface area contributed by atoms with Crippen LogP contribution in [0.4, 0.5) is 0 Å². The Balaban J connectivity index is 2.22. The zero-order chi connectivity index (χ0) is 14.5. The fourth-order valence-electron chi connectivity index (χ4n) is 3.50. The van der Waals surface area contributed by atoms with Crippen LogP contribution < -0.4 is 14.8 Å². The van der Waals surface area contributed by atoms with E-state index >= 15 is 0 Å². The zero-order valence-corrected chi connectivity index (χ0v) is 13.1. The van der Waals surface area contributed by atoms with E-state index in [1.807, 2.05) is 6.07 Å². The van der Waals surface area contributed by atoms with E-state index in [0.717, 1.165) is 17.4 Å². The maximum absolute atomic E-state index is 5.43. The number of ether oxygens (including phenoxy) is 2. The highest BCUT2D eigenvalue weighted by Gasteiger charge is 2.27. The van der Waals surface area contributed by atoms with Gasteiger partial charge in [0.15, 0.2) is 11.5 Å². The molecule has 0 amide bonds. The summed E-state index contributed by atoms with van der Waals surface area (Å²) in [4.78, 5) is 0. The summed E-state index contributed by atoms with van der Waals surface area (Å²) in [6.45, 7) is 2.37. The summed E-state index contributed by atoms with van der Waals surface area (Å²) < 4.78 is 10.7. The van der Waals surface area contributed by atoms with E-state index in [4.69, 9.17) is 9.47 Å². The largest absolute Gasteiger partial charge is 0.493 e. The summed E-state index contributed by atoms with van der Waals surface area (Å²) >= 11 is 0. The minimum Gasteiger partial charge on any atom is -0.493 e. The molecule has 20 heavy (non-hydrogen) atoms. The van der Waals surface area contributed by atoms with Gasteiger partial charge in [0.2, 0.25) is 0 Å². The highest BCUT2D eigenvalue weighted by molar-refractivity contribution is 5.44. The third kappa shape index (κ3) is 3.26. The van der Waals surface area contributed by atoms with Gasteiger partial charge < -0.3 is 14.8 Å². The molecule has 0 radical (unpaired) electrons. The van der Waals surface area contributed by atoms with Crippen LogP contribution in [0, 0.1) is 11.8 Å². The van der Waals surface area contributed by atoms with Crippen molar-refractivity contribution in [1.29, 1.82) is 0 Å². The zero-order valence-electron chi connectivity index (χ0n) is 13.1. The summed E-state index contributed by atoms with van der Waals surface area (Å²) in [5.41, 5.74) is 1.30. The number of hydrogen-bond donors (Lipinski definition) is 1. The molecule has 0 bridgehead atoms. The lowest BCUT2D eigenvalue weighted by molar-refractivity contribution is 0.229. The van der Waals surface area contributed by atoms with Crippen molar-refractivity contribution < 1.29 is 9.47 Å². The van der Waals surface area contributed by atoms with Gasteiger partial charge in [-0.15, -0.1) is 0 Å². The molecule has 0 heterocycles. The second-order valence-electron chi connectivity index (χ2n) is 5.91. The van der Waals surface area contributed by atoms with Gasteiger partial charge in [0.1, 0.15) is 0 Å². The van der Waals surface area contributed by atoms with Crippen molar-refractivity contribution in [3.05, 3.63) is 23.8 Å². The molecule has 0 aromatic heterocycles. The van der Waals surface area contributed by atoms with E-state index in [-0.39, 0.29) is 0 Å². The first kappa shape index (κ1) is 15.2. The first-order chi connectivity index (χ1) is 9.69. The van der Waals surface area contributed by atoms with Crippen molar-refractivity contribution in [2.24, 2.45) is 11.8 Å². The number of benzene rings is 1. The lowest BCUT2D eigenvalue weighted by Gasteiger charge is -2.33. The lowest BCUT2D eigenvalue weighted by Crippen LogP contribution is -2.29. The van der Waals surface area contributed by atoms with Gasteiger partial charge in [-0.3, -0.25) is 0 Å². The standard InChI is InChI=1S/C17H27NO2/c1-12-6-5-7-13(10-12)17(18-2)14-8-9-15(19-3)16(11-14)20-4/h8-9,11-13,17-18H,5-7,10H2,1-4H3. The van der Waals surface area contributed by atoms with Gasteiger partial charge in [0, 0.05) is 6.04 Å². The molecule has 1 aliphatic carbocycles. The first-order valence-electron chi connectivity index (χ1n) is 7.58. The van der Waals surface area contributed by atoms with Crippen molar-refractivity contribution in [3.8, 4) is 11.5 Å². The second-order valence-corrected chi connectivity index (χ2v) is 5.91. The highest BCUT2D eigenvalue weighted by Crippen LogP contribution is 2.39. The van der Waals surface area contributed by atoms with Gasteiger partial charge in [-0.1, -0.05) is 25.8 Å². The van der Waals surface area contributed by atoms with Gasteiger partial charge in [-0.05, 0) is 49.4 Å². The summed E-state index contributed by atoms with van der Waals surface area (Å²) in [6, 6.07) is 6.67. The van der Waals surface area contributed by atoms with Crippen LogP contribution in [0.2, 0.25) is 0 Å². The van der Waals surface area contributed by atoms with Crippen LogP contribution in [0.5, 0.6) is 11.5 Å². The fourth-order valence-corrected chi connectivity index (χ4v) is 3.50. The molecule has 1 aromatic carbocycles. The molecule has 112 valence electrons. The molecule has 0 saturated heterocycles. The van der Waals surface area contributed by atoms with Crippen LogP contribution in [0.15, 0.2) is 18.2 Å². The van der Waals surface area contributed by atoms with E-state index in [9.17, 15) is 0 Å². The average molecular weight is 277 g/mol. The van der Waals surface area contributed by atoms with Crippen molar-refractivity contribution in [1.82, 2.24) is 5.32 Å². The smallest absolute Gasteiger partial charge is 0.161 e. The minimum absolute atomic E-state index is 0.401. The first-order valence-corrected chi connectivity index (χ1v) is 7.58. The molecule has 1 N–H and O–H groups in total. The van der Waals surface area contributed by atoms with Crippen molar-refractivity contribution >= 4 is 0 Å². The number of rotatable bonds is 5. The normalized spacial score (nSPS) is 24.2. The van der Waals surface area contributed by atoms with Crippen LogP contribution in [0.1, 0.15) is 44.2 Å². The predicted octanol–water partition coefficient (Wildman–Crippen LogP) is 3.79. The molecule has 0 spiro atoms. The predicted molar refractivity (Wildman–Crippen MR) is 82.5 cm³/mol. The van der Waals surface area contributed by atoms with Gasteiger partial charge in [-0.2, -0.15) is 0 Å². The summed E-state index contributed by atoms with van der Waals surface area (Å²) in [7, 11) is 5.43. The van der Waals surface area contributed by atoms with Crippen molar-refractivity contribution in [2.75, 3.05) is 21.3 Å². The fraction of sp³-hybridized carbons (Fsp3) is 0.647. The number of hydrogen-bond acceptors (Lipinski definition) is 3. The van der Waals surface area contributed by atoms with Crippen LogP contribution in [0.25, 0.3) is 0 Å². The van der Waals surface area contributed by atoms with E-state index in [2.05, 4.69) is 31.4 Å². The Bertz CT molecular complexity index is 433. The van der Waals surface area contributed by atoms with Gasteiger partial charge >= 0.3 is 0 Å². The van der Waals surface area contributed by atoms with E-state index in [0.29, 0.717) is 12.0 Å². The maximum atomic E-state index is 5.43.